The minimum atomic E-state index is -3.00. The number of rotatable bonds is 19. The summed E-state index contributed by atoms with van der Waals surface area (Å²) >= 11 is 17.4. The third-order valence-electron chi connectivity index (χ3n) is 5.68. The fourth-order valence-electron chi connectivity index (χ4n) is 4.39. The number of benzene rings is 2. The Bertz CT molecular complexity index is 967. The van der Waals surface area contributed by atoms with Crippen LogP contribution in [0.2, 0.25) is 32.7 Å². The monoisotopic (exact) mass is 680 g/mol. The van der Waals surface area contributed by atoms with Crippen molar-refractivity contribution in [3.8, 4) is 0 Å². The quantitative estimate of drug-likeness (QED) is 0.134. The SMILES string of the molecule is C[Si](C)(OCCS)O[Si](C)(C)O[Si](C)(OCCS)c1ccc([Si](OCCS)(OCCS)c2ccccc2)cc1. The molecule has 0 amide bonds. The fraction of sp³-hybridized carbons (Fsp3) is 0.520. The minimum absolute atomic E-state index is 0.477. The molecule has 14 heteroatoms. The van der Waals surface area contributed by atoms with Crippen molar-refractivity contribution in [1.29, 1.82) is 0 Å². The van der Waals surface area contributed by atoms with Crippen molar-refractivity contribution in [1.82, 2.24) is 0 Å². The summed E-state index contributed by atoms with van der Waals surface area (Å²) in [6.07, 6.45) is 0. The standard InChI is InChI=1S/C25H44O6S4Si4/c1-36(2,26-15-19-32)30-37(3,4)31-38(5,27-16-20-33)23-11-13-25(14-12-23)39(28-17-21-34,29-18-22-35)24-9-7-6-8-10-24/h6-14,32-35H,15-22H2,1-5H3. The minimum Gasteiger partial charge on any atom is -0.415 e. The lowest BCUT2D eigenvalue weighted by atomic mass is 10.4. The second-order valence-electron chi connectivity index (χ2n) is 9.80. The Labute approximate surface area is 261 Å². The van der Waals surface area contributed by atoms with Crippen molar-refractivity contribution >= 4 is 100 Å². The molecule has 0 bridgehead atoms. The zero-order valence-electron chi connectivity index (χ0n) is 23.6. The highest BCUT2D eigenvalue weighted by molar-refractivity contribution is 7.80. The third-order valence-corrected chi connectivity index (χ3v) is 20.3. The van der Waals surface area contributed by atoms with Gasteiger partial charge in [0.05, 0.1) is 0 Å². The number of thiol groups is 4. The van der Waals surface area contributed by atoms with Gasteiger partial charge >= 0.3 is 34.2 Å². The van der Waals surface area contributed by atoms with E-state index < -0.39 is 34.2 Å². The van der Waals surface area contributed by atoms with Crippen LogP contribution in [0, 0.1) is 0 Å². The third kappa shape index (κ3) is 10.9. The van der Waals surface area contributed by atoms with E-state index in [4.69, 9.17) is 25.9 Å². The normalized spacial score (nSPS) is 14.4. The second kappa shape index (κ2) is 16.9. The van der Waals surface area contributed by atoms with Crippen LogP contribution in [0.1, 0.15) is 0 Å². The van der Waals surface area contributed by atoms with Crippen molar-refractivity contribution in [3.63, 3.8) is 0 Å². The molecule has 1 unspecified atom stereocenters. The molecular weight excluding hydrogens is 637 g/mol. The fourth-order valence-corrected chi connectivity index (χ4v) is 20.5. The second-order valence-corrected chi connectivity index (χ2v) is 24.8. The molecule has 0 fully saturated rings. The van der Waals surface area contributed by atoms with Gasteiger partial charge in [-0.15, -0.1) is 0 Å². The summed E-state index contributed by atoms with van der Waals surface area (Å²) in [6, 6.07) is 18.5. The van der Waals surface area contributed by atoms with Crippen LogP contribution >= 0.6 is 50.5 Å². The van der Waals surface area contributed by atoms with Crippen molar-refractivity contribution in [2.24, 2.45) is 0 Å². The maximum atomic E-state index is 6.83. The summed E-state index contributed by atoms with van der Waals surface area (Å²) in [7, 11) is -10.9. The van der Waals surface area contributed by atoms with E-state index in [0.29, 0.717) is 49.4 Å². The zero-order valence-corrected chi connectivity index (χ0v) is 31.2. The molecule has 39 heavy (non-hydrogen) atoms. The van der Waals surface area contributed by atoms with E-state index in [1.807, 2.05) is 31.3 Å². The van der Waals surface area contributed by atoms with Gasteiger partial charge in [0, 0.05) is 49.4 Å². The first kappa shape index (κ1) is 35.7. The molecule has 0 aliphatic carbocycles. The lowest BCUT2D eigenvalue weighted by Crippen LogP contribution is -2.64. The summed E-state index contributed by atoms with van der Waals surface area (Å²) in [4.78, 5) is 0. The average Bonchev–Trinajstić information content (AvgIpc) is 2.91. The number of hydrogen-bond donors (Lipinski definition) is 4. The van der Waals surface area contributed by atoms with Gasteiger partial charge in [-0.05, 0) is 48.3 Å². The van der Waals surface area contributed by atoms with E-state index in [1.165, 1.54) is 0 Å². The summed E-state index contributed by atoms with van der Waals surface area (Å²) in [5.74, 6) is 2.43. The highest BCUT2D eigenvalue weighted by Crippen LogP contribution is 2.22. The van der Waals surface area contributed by atoms with Crippen molar-refractivity contribution in [2.45, 2.75) is 32.7 Å². The summed E-state index contributed by atoms with van der Waals surface area (Å²) in [5, 5.41) is 3.06. The Morgan fingerprint density at radius 3 is 1.44 bits per heavy atom. The smallest absolute Gasteiger partial charge is 0.407 e. The summed E-state index contributed by atoms with van der Waals surface area (Å²) in [6.45, 7) is 12.3. The summed E-state index contributed by atoms with van der Waals surface area (Å²) in [5.41, 5.74) is 0. The molecule has 1 atom stereocenters. The molecule has 0 radical (unpaired) electrons. The first-order chi connectivity index (χ1) is 18.5. The highest BCUT2D eigenvalue weighted by atomic mass is 32.1. The Balaban J connectivity index is 2.46. The van der Waals surface area contributed by atoms with E-state index in [9.17, 15) is 0 Å². The van der Waals surface area contributed by atoms with Crippen molar-refractivity contribution < 1.29 is 25.9 Å². The van der Waals surface area contributed by atoms with Gasteiger partial charge in [-0.1, -0.05) is 54.6 Å². The Morgan fingerprint density at radius 2 is 0.923 bits per heavy atom. The molecule has 2 rings (SSSR count). The Morgan fingerprint density at radius 1 is 0.487 bits per heavy atom. The molecule has 0 spiro atoms. The van der Waals surface area contributed by atoms with E-state index >= 15 is 0 Å². The van der Waals surface area contributed by atoms with Gasteiger partial charge in [0.15, 0.2) is 0 Å². The topological polar surface area (TPSA) is 55.4 Å². The van der Waals surface area contributed by atoms with Crippen LogP contribution in [0.5, 0.6) is 0 Å². The summed E-state index contributed by atoms with van der Waals surface area (Å²) < 4.78 is 38.8. The van der Waals surface area contributed by atoms with Gasteiger partial charge in [-0.2, -0.15) is 50.5 Å². The predicted octanol–water partition coefficient (Wildman–Crippen LogP) is 3.74. The Kier molecular flexibility index (Phi) is 15.5. The molecule has 0 saturated heterocycles. The van der Waals surface area contributed by atoms with Crippen LogP contribution in [0.3, 0.4) is 0 Å². The van der Waals surface area contributed by atoms with Crippen LogP contribution in [0.15, 0.2) is 54.6 Å². The van der Waals surface area contributed by atoms with Gasteiger partial charge < -0.3 is 25.9 Å². The lowest BCUT2D eigenvalue weighted by Gasteiger charge is -2.39. The molecule has 2 aromatic carbocycles. The molecular formula is C25H44O6S4Si4. The Hall–Kier alpha value is 0.468. The van der Waals surface area contributed by atoms with Gasteiger partial charge in [0.25, 0.3) is 0 Å². The van der Waals surface area contributed by atoms with Crippen molar-refractivity contribution in [2.75, 3.05) is 49.4 Å². The predicted molar refractivity (Wildman–Crippen MR) is 186 cm³/mol. The maximum absolute atomic E-state index is 6.83. The molecule has 6 nitrogen and oxygen atoms in total. The maximum Gasteiger partial charge on any atom is 0.407 e. The molecule has 220 valence electrons. The first-order valence-electron chi connectivity index (χ1n) is 13.0. The van der Waals surface area contributed by atoms with Gasteiger partial charge in [0.1, 0.15) is 0 Å². The van der Waals surface area contributed by atoms with Crippen LogP contribution in [0.25, 0.3) is 0 Å². The molecule has 0 saturated carbocycles. The molecule has 2 aromatic rings. The van der Waals surface area contributed by atoms with E-state index in [0.717, 1.165) is 15.6 Å². The van der Waals surface area contributed by atoms with Gasteiger partial charge in [-0.3, -0.25) is 0 Å². The lowest BCUT2D eigenvalue weighted by molar-refractivity contribution is 0.212. The molecule has 0 N–H and O–H groups in total. The largest absolute Gasteiger partial charge is 0.415 e. The van der Waals surface area contributed by atoms with E-state index in [-0.39, 0.29) is 0 Å². The van der Waals surface area contributed by atoms with Crippen LogP contribution in [-0.2, 0) is 25.9 Å². The van der Waals surface area contributed by atoms with E-state index in [1.54, 1.807) is 0 Å². The van der Waals surface area contributed by atoms with Crippen LogP contribution < -0.4 is 15.6 Å². The van der Waals surface area contributed by atoms with E-state index in [2.05, 4.69) is 107 Å². The van der Waals surface area contributed by atoms with Crippen LogP contribution in [0.4, 0.5) is 0 Å². The highest BCUT2D eigenvalue weighted by Gasteiger charge is 2.47. The average molecular weight is 681 g/mol. The zero-order chi connectivity index (χ0) is 29.0. The molecule has 0 aliphatic rings. The number of hydrogen-bond acceptors (Lipinski definition) is 10. The molecule has 0 heterocycles. The first-order valence-corrected chi connectivity index (χ1v) is 25.3. The van der Waals surface area contributed by atoms with Crippen LogP contribution in [-0.4, -0.2) is 83.7 Å². The van der Waals surface area contributed by atoms with Crippen molar-refractivity contribution in [3.05, 3.63) is 54.6 Å². The molecule has 0 aromatic heterocycles. The van der Waals surface area contributed by atoms with Gasteiger partial charge in [0.2, 0.25) is 0 Å². The van der Waals surface area contributed by atoms with Gasteiger partial charge in [-0.25, -0.2) is 0 Å². The molecule has 0 aliphatic heterocycles.